The SMILES string of the molecule is [N-]=[N+]=NC[C@H](O)CCC/C=C\CCCCCCC/C=C\CCCC(=O)O. The van der Waals surface area contributed by atoms with Crippen LogP contribution in [-0.2, 0) is 4.79 Å². The third-order valence-corrected chi connectivity index (χ3v) is 4.10. The van der Waals surface area contributed by atoms with Gasteiger partial charge in [-0.15, -0.1) is 0 Å². The number of azide groups is 1. The second kappa shape index (κ2) is 19.5. The Balaban J connectivity index is 3.26. The molecule has 0 aliphatic rings. The summed E-state index contributed by atoms with van der Waals surface area (Å²) in [4.78, 5) is 13.0. The molecular weight excluding hydrogens is 330 g/mol. The average molecular weight is 366 g/mol. The van der Waals surface area contributed by atoms with Gasteiger partial charge in [0.05, 0.1) is 12.6 Å². The van der Waals surface area contributed by atoms with Crippen molar-refractivity contribution in [3.8, 4) is 0 Å². The summed E-state index contributed by atoms with van der Waals surface area (Å²) in [5.74, 6) is -0.714. The molecule has 0 aromatic heterocycles. The normalized spacial score (nSPS) is 12.5. The van der Waals surface area contributed by atoms with Crippen LogP contribution in [0.25, 0.3) is 10.4 Å². The minimum absolute atomic E-state index is 0.167. The van der Waals surface area contributed by atoms with E-state index >= 15 is 0 Å². The van der Waals surface area contributed by atoms with Crippen LogP contribution in [0.15, 0.2) is 29.4 Å². The number of aliphatic hydroxyl groups is 1. The summed E-state index contributed by atoms with van der Waals surface area (Å²) in [6, 6.07) is 0. The van der Waals surface area contributed by atoms with E-state index in [-0.39, 0.29) is 13.0 Å². The number of unbranched alkanes of at least 4 members (excludes halogenated alkanes) is 8. The molecule has 0 rings (SSSR count). The molecule has 0 saturated heterocycles. The quantitative estimate of drug-likeness (QED) is 0.103. The average Bonchev–Trinajstić information content (AvgIpc) is 2.62. The van der Waals surface area contributed by atoms with Crippen molar-refractivity contribution in [3.05, 3.63) is 34.7 Å². The zero-order valence-corrected chi connectivity index (χ0v) is 15.9. The first-order chi connectivity index (χ1) is 12.7. The molecule has 0 spiro atoms. The first-order valence-corrected chi connectivity index (χ1v) is 9.87. The van der Waals surface area contributed by atoms with Crippen molar-refractivity contribution in [3.63, 3.8) is 0 Å². The second-order valence-corrected chi connectivity index (χ2v) is 6.57. The number of carboxylic acids is 1. The Bertz CT molecular complexity index is 444. The molecule has 0 fully saturated rings. The molecule has 0 bridgehead atoms. The summed E-state index contributed by atoms with van der Waals surface area (Å²) in [5, 5.41) is 21.4. The van der Waals surface area contributed by atoms with Crippen LogP contribution in [0.1, 0.15) is 83.5 Å². The Morgan fingerprint density at radius 1 is 0.885 bits per heavy atom. The molecular formula is C20H35N3O3. The van der Waals surface area contributed by atoms with Crippen LogP contribution in [0.4, 0.5) is 0 Å². The lowest BCUT2D eigenvalue weighted by Gasteiger charge is -2.04. The van der Waals surface area contributed by atoms with Gasteiger partial charge in [-0.1, -0.05) is 48.7 Å². The highest BCUT2D eigenvalue weighted by molar-refractivity contribution is 5.66. The predicted molar refractivity (Wildman–Crippen MR) is 106 cm³/mol. The highest BCUT2D eigenvalue weighted by Gasteiger charge is 2.00. The van der Waals surface area contributed by atoms with Crippen molar-refractivity contribution in [2.45, 2.75) is 89.6 Å². The van der Waals surface area contributed by atoms with Gasteiger partial charge in [0.1, 0.15) is 0 Å². The summed E-state index contributed by atoms with van der Waals surface area (Å²) in [6.45, 7) is 0.167. The van der Waals surface area contributed by atoms with E-state index in [1.165, 1.54) is 32.1 Å². The number of hydrogen-bond donors (Lipinski definition) is 2. The Hall–Kier alpha value is -1.78. The van der Waals surface area contributed by atoms with Crippen LogP contribution in [-0.4, -0.2) is 28.8 Å². The Morgan fingerprint density at radius 2 is 1.38 bits per heavy atom. The van der Waals surface area contributed by atoms with Gasteiger partial charge in [0, 0.05) is 11.3 Å². The first-order valence-electron chi connectivity index (χ1n) is 9.87. The maximum atomic E-state index is 10.4. The van der Waals surface area contributed by atoms with Crippen LogP contribution < -0.4 is 0 Å². The fourth-order valence-corrected chi connectivity index (χ4v) is 2.59. The lowest BCUT2D eigenvalue weighted by atomic mass is 10.1. The van der Waals surface area contributed by atoms with Crippen LogP contribution in [0, 0.1) is 0 Å². The number of hydrogen-bond acceptors (Lipinski definition) is 3. The Morgan fingerprint density at radius 3 is 1.92 bits per heavy atom. The number of rotatable bonds is 18. The van der Waals surface area contributed by atoms with E-state index in [9.17, 15) is 9.90 Å². The maximum absolute atomic E-state index is 10.4. The van der Waals surface area contributed by atoms with E-state index < -0.39 is 12.1 Å². The van der Waals surface area contributed by atoms with Crippen molar-refractivity contribution in [2.75, 3.05) is 6.54 Å². The highest BCUT2D eigenvalue weighted by Crippen LogP contribution is 2.09. The molecule has 0 aliphatic carbocycles. The number of aliphatic hydroxyl groups excluding tert-OH is 1. The number of carboxylic acid groups (broad SMARTS) is 1. The molecule has 0 radical (unpaired) electrons. The summed E-state index contributed by atoms with van der Waals surface area (Å²) >= 11 is 0. The van der Waals surface area contributed by atoms with Crippen molar-refractivity contribution in [1.29, 1.82) is 0 Å². The molecule has 0 aromatic rings. The first kappa shape index (κ1) is 24.2. The molecule has 6 heteroatoms. The lowest BCUT2D eigenvalue weighted by Crippen LogP contribution is -2.09. The Labute approximate surface area is 157 Å². The van der Waals surface area contributed by atoms with Gasteiger partial charge in [0.2, 0.25) is 0 Å². The van der Waals surface area contributed by atoms with Gasteiger partial charge in [-0.05, 0) is 63.3 Å². The highest BCUT2D eigenvalue weighted by atomic mass is 16.4. The molecule has 2 N–H and O–H groups in total. The topological polar surface area (TPSA) is 106 Å². The third kappa shape index (κ3) is 20.3. The summed E-state index contributed by atoms with van der Waals surface area (Å²) < 4.78 is 0. The maximum Gasteiger partial charge on any atom is 0.303 e. The van der Waals surface area contributed by atoms with Crippen LogP contribution in [0.2, 0.25) is 0 Å². The summed E-state index contributed by atoms with van der Waals surface area (Å²) in [7, 11) is 0. The molecule has 6 nitrogen and oxygen atoms in total. The number of aliphatic carboxylic acids is 1. The molecule has 0 unspecified atom stereocenters. The van der Waals surface area contributed by atoms with Gasteiger partial charge in [-0.25, -0.2) is 0 Å². The zero-order chi connectivity index (χ0) is 19.3. The van der Waals surface area contributed by atoms with Crippen molar-refractivity contribution < 1.29 is 15.0 Å². The van der Waals surface area contributed by atoms with Gasteiger partial charge in [-0.3, -0.25) is 4.79 Å². The van der Waals surface area contributed by atoms with Crippen LogP contribution in [0.5, 0.6) is 0 Å². The standard InChI is InChI=1S/C20H35N3O3/c21-23-22-18-19(24)16-14-12-10-8-6-4-2-1-3-5-7-9-11-13-15-17-20(25)26/h8-11,19,24H,1-7,12-18H2,(H,25,26)/b10-8-,11-9-/t19-/m1/s1. The van der Waals surface area contributed by atoms with E-state index in [0.717, 1.165) is 38.5 Å². The Kier molecular flexibility index (Phi) is 18.2. The van der Waals surface area contributed by atoms with E-state index in [1.54, 1.807) is 0 Å². The smallest absolute Gasteiger partial charge is 0.303 e. The van der Waals surface area contributed by atoms with Crippen LogP contribution in [0.3, 0.4) is 0 Å². The molecule has 0 saturated carbocycles. The largest absolute Gasteiger partial charge is 0.481 e. The molecule has 0 aliphatic heterocycles. The third-order valence-electron chi connectivity index (χ3n) is 4.10. The van der Waals surface area contributed by atoms with Gasteiger partial charge < -0.3 is 10.2 Å². The van der Waals surface area contributed by atoms with Gasteiger partial charge in [0.25, 0.3) is 0 Å². The fourth-order valence-electron chi connectivity index (χ4n) is 2.59. The minimum Gasteiger partial charge on any atom is -0.481 e. The molecule has 0 amide bonds. The number of allylic oxidation sites excluding steroid dienone is 4. The van der Waals surface area contributed by atoms with Crippen molar-refractivity contribution in [1.82, 2.24) is 0 Å². The zero-order valence-electron chi connectivity index (χ0n) is 15.9. The molecule has 1 atom stereocenters. The van der Waals surface area contributed by atoms with E-state index in [0.29, 0.717) is 6.42 Å². The van der Waals surface area contributed by atoms with E-state index in [1.807, 2.05) is 0 Å². The lowest BCUT2D eigenvalue weighted by molar-refractivity contribution is -0.137. The summed E-state index contributed by atoms with van der Waals surface area (Å²) in [6.07, 6.45) is 21.0. The van der Waals surface area contributed by atoms with Crippen LogP contribution >= 0.6 is 0 Å². The van der Waals surface area contributed by atoms with Gasteiger partial charge >= 0.3 is 5.97 Å². The van der Waals surface area contributed by atoms with E-state index in [4.69, 9.17) is 10.6 Å². The monoisotopic (exact) mass is 365 g/mol. The van der Waals surface area contributed by atoms with Crippen molar-refractivity contribution >= 4 is 5.97 Å². The predicted octanol–water partition coefficient (Wildman–Crippen LogP) is 5.93. The fraction of sp³-hybridized carbons (Fsp3) is 0.750. The summed E-state index contributed by atoms with van der Waals surface area (Å²) in [5.41, 5.74) is 8.16. The van der Waals surface area contributed by atoms with Gasteiger partial charge in [-0.2, -0.15) is 0 Å². The minimum atomic E-state index is -0.714. The van der Waals surface area contributed by atoms with E-state index in [2.05, 4.69) is 34.3 Å². The number of carbonyl (C=O) groups is 1. The molecule has 148 valence electrons. The molecule has 0 aromatic carbocycles. The molecule has 26 heavy (non-hydrogen) atoms. The number of nitrogens with zero attached hydrogens (tertiary/aromatic N) is 3. The second-order valence-electron chi connectivity index (χ2n) is 6.57. The van der Waals surface area contributed by atoms with Crippen molar-refractivity contribution in [2.24, 2.45) is 5.11 Å². The molecule has 0 heterocycles. The van der Waals surface area contributed by atoms with Gasteiger partial charge in [0.15, 0.2) is 0 Å².